The van der Waals surface area contributed by atoms with Crippen molar-refractivity contribution in [2.24, 2.45) is 10.7 Å². The third kappa shape index (κ3) is 3.59. The van der Waals surface area contributed by atoms with E-state index in [1.165, 1.54) is 5.57 Å². The van der Waals surface area contributed by atoms with Crippen LogP contribution in [0.3, 0.4) is 0 Å². The van der Waals surface area contributed by atoms with Gasteiger partial charge in [0.05, 0.1) is 11.7 Å². The van der Waals surface area contributed by atoms with Crippen molar-refractivity contribution in [1.82, 2.24) is 5.32 Å². The van der Waals surface area contributed by atoms with Gasteiger partial charge < -0.3 is 11.1 Å². The van der Waals surface area contributed by atoms with Gasteiger partial charge in [0.15, 0.2) is 0 Å². The lowest BCUT2D eigenvalue weighted by molar-refractivity contribution is 0.480. The smallest absolute Gasteiger partial charge is 0.122 e. The lowest BCUT2D eigenvalue weighted by atomic mass is 10.1. The molecule has 1 unspecified atom stereocenters. The van der Waals surface area contributed by atoms with Crippen molar-refractivity contribution in [1.29, 1.82) is 0 Å². The first-order valence-electron chi connectivity index (χ1n) is 4.69. The Hall–Kier alpha value is -0.830. The van der Waals surface area contributed by atoms with Gasteiger partial charge in [-0.3, -0.25) is 4.99 Å². The van der Waals surface area contributed by atoms with E-state index in [1.807, 2.05) is 13.8 Å². The molecule has 1 rings (SSSR count). The highest BCUT2D eigenvalue weighted by atomic mass is 15.1. The first-order valence-corrected chi connectivity index (χ1v) is 4.69. The number of amidine groups is 1. The van der Waals surface area contributed by atoms with E-state index in [1.54, 1.807) is 0 Å². The average Bonchev–Trinajstić information content (AvgIpc) is 1.78. The van der Waals surface area contributed by atoms with Crippen LogP contribution in [0.4, 0.5) is 0 Å². The summed E-state index contributed by atoms with van der Waals surface area (Å²) >= 11 is 0. The Kier molecular flexibility index (Phi) is 2.76. The molecule has 0 saturated heterocycles. The van der Waals surface area contributed by atoms with Crippen molar-refractivity contribution in [2.75, 3.05) is 0 Å². The van der Waals surface area contributed by atoms with Gasteiger partial charge in [-0.05, 0) is 40.2 Å². The maximum Gasteiger partial charge on any atom is 0.122 e. The summed E-state index contributed by atoms with van der Waals surface area (Å²) < 4.78 is 0. The second kappa shape index (κ2) is 3.50. The number of rotatable bonds is 1. The molecule has 74 valence electrons. The number of dihydropyridines is 1. The fraction of sp³-hybridized carbons (Fsp3) is 0.700. The average molecular weight is 181 g/mol. The summed E-state index contributed by atoms with van der Waals surface area (Å²) in [5.41, 5.74) is 6.80. The van der Waals surface area contributed by atoms with Gasteiger partial charge in [-0.25, -0.2) is 0 Å². The van der Waals surface area contributed by atoms with Crippen molar-refractivity contribution in [3.8, 4) is 0 Å². The van der Waals surface area contributed by atoms with Crippen LogP contribution >= 0.6 is 0 Å². The molecule has 0 aliphatic carbocycles. The van der Waals surface area contributed by atoms with Crippen LogP contribution in [0.5, 0.6) is 0 Å². The monoisotopic (exact) mass is 181 g/mol. The molecule has 3 nitrogen and oxygen atoms in total. The highest BCUT2D eigenvalue weighted by Crippen LogP contribution is 2.13. The molecule has 3 N–H and O–H groups in total. The van der Waals surface area contributed by atoms with Crippen LogP contribution in [0, 0.1) is 0 Å². The van der Waals surface area contributed by atoms with Crippen LogP contribution in [0.25, 0.3) is 0 Å². The van der Waals surface area contributed by atoms with Gasteiger partial charge in [-0.15, -0.1) is 0 Å². The van der Waals surface area contributed by atoms with Crippen LogP contribution in [-0.2, 0) is 0 Å². The number of hydrogen-bond donors (Lipinski definition) is 2. The highest BCUT2D eigenvalue weighted by molar-refractivity contribution is 5.94. The zero-order chi connectivity index (χ0) is 10.1. The van der Waals surface area contributed by atoms with Gasteiger partial charge >= 0.3 is 0 Å². The number of hydrogen-bond acceptors (Lipinski definition) is 3. The maximum absolute atomic E-state index is 5.84. The van der Waals surface area contributed by atoms with Gasteiger partial charge in [0.25, 0.3) is 0 Å². The van der Waals surface area contributed by atoms with Crippen molar-refractivity contribution >= 4 is 5.84 Å². The molecule has 13 heavy (non-hydrogen) atoms. The first-order chi connectivity index (χ1) is 5.87. The minimum absolute atomic E-state index is 0.370. The summed E-state index contributed by atoms with van der Waals surface area (Å²) in [6, 6.07) is 0.370. The molecule has 0 radical (unpaired) electrons. The molecule has 1 atom stereocenters. The molecular formula is C10H19N3. The van der Waals surface area contributed by atoms with Gasteiger partial charge in [0.2, 0.25) is 0 Å². The number of nitrogens with one attached hydrogen (secondary N) is 1. The van der Waals surface area contributed by atoms with E-state index in [9.17, 15) is 0 Å². The van der Waals surface area contributed by atoms with E-state index in [0.29, 0.717) is 6.04 Å². The largest absolute Gasteiger partial charge is 0.353 e. The Morgan fingerprint density at radius 1 is 1.62 bits per heavy atom. The second-order valence-electron chi connectivity index (χ2n) is 4.40. The van der Waals surface area contributed by atoms with Gasteiger partial charge in [-0.1, -0.05) is 5.57 Å². The van der Waals surface area contributed by atoms with Crippen molar-refractivity contribution in [3.63, 3.8) is 0 Å². The highest BCUT2D eigenvalue weighted by Gasteiger charge is 2.15. The van der Waals surface area contributed by atoms with E-state index in [-0.39, 0.29) is 0 Å². The third-order valence-electron chi connectivity index (χ3n) is 1.81. The summed E-state index contributed by atoms with van der Waals surface area (Å²) in [6.45, 7) is 8.09. The summed E-state index contributed by atoms with van der Waals surface area (Å²) in [4.78, 5) is 4.47. The van der Waals surface area contributed by atoms with E-state index < -0.39 is 5.66 Å². The van der Waals surface area contributed by atoms with E-state index >= 15 is 0 Å². The number of aliphatic imine (C=N–C) groups is 1. The number of nitrogens with zero attached hydrogens (tertiary/aromatic N) is 1. The van der Waals surface area contributed by atoms with E-state index in [4.69, 9.17) is 5.73 Å². The molecule has 0 spiro atoms. The predicted molar refractivity (Wildman–Crippen MR) is 56.7 cm³/mol. The van der Waals surface area contributed by atoms with Gasteiger partial charge in [-0.2, -0.15) is 0 Å². The summed E-state index contributed by atoms with van der Waals surface area (Å²) in [7, 11) is 0. The lowest BCUT2D eigenvalue weighted by Crippen LogP contribution is -2.50. The summed E-state index contributed by atoms with van der Waals surface area (Å²) in [5, 5.41) is 3.17. The normalized spacial score (nSPS) is 23.6. The Labute approximate surface area is 80.1 Å². The molecule has 1 heterocycles. The molecule has 0 aromatic heterocycles. The van der Waals surface area contributed by atoms with Crippen LogP contribution < -0.4 is 11.1 Å². The molecule has 0 saturated carbocycles. The maximum atomic E-state index is 5.84. The molecule has 3 heteroatoms. The molecule has 0 bridgehead atoms. The molecule has 0 aromatic carbocycles. The van der Waals surface area contributed by atoms with Crippen molar-refractivity contribution in [2.45, 2.75) is 45.8 Å². The first kappa shape index (κ1) is 10.3. The van der Waals surface area contributed by atoms with Crippen LogP contribution in [-0.4, -0.2) is 17.5 Å². The Morgan fingerprint density at radius 2 is 2.23 bits per heavy atom. The number of nitrogens with two attached hydrogens (primary N) is 1. The fourth-order valence-electron chi connectivity index (χ4n) is 1.48. The molecule has 0 fully saturated rings. The van der Waals surface area contributed by atoms with Gasteiger partial charge in [0.1, 0.15) is 5.84 Å². The minimum atomic E-state index is -0.396. The molecular weight excluding hydrogens is 162 g/mol. The third-order valence-corrected chi connectivity index (χ3v) is 1.81. The standard InChI is InChI=1S/C10H19N3/c1-7-5-8(2)12-9(6-7)13-10(3,4)11/h6,8H,5,11H2,1-4H3,(H,12,13). The molecule has 0 aromatic rings. The van der Waals surface area contributed by atoms with E-state index in [2.05, 4.69) is 30.2 Å². The fourth-order valence-corrected chi connectivity index (χ4v) is 1.48. The van der Waals surface area contributed by atoms with Crippen LogP contribution in [0.2, 0.25) is 0 Å². The zero-order valence-electron chi connectivity index (χ0n) is 8.89. The minimum Gasteiger partial charge on any atom is -0.353 e. The topological polar surface area (TPSA) is 50.4 Å². The lowest BCUT2D eigenvalue weighted by Gasteiger charge is -2.25. The summed E-state index contributed by atoms with van der Waals surface area (Å²) in [6.07, 6.45) is 3.12. The Morgan fingerprint density at radius 3 is 2.69 bits per heavy atom. The van der Waals surface area contributed by atoms with Crippen LogP contribution in [0.1, 0.15) is 34.1 Å². The Bertz CT molecular complexity index is 245. The predicted octanol–water partition coefficient (Wildman–Crippen LogP) is 1.41. The van der Waals surface area contributed by atoms with E-state index in [0.717, 1.165) is 12.3 Å². The van der Waals surface area contributed by atoms with Gasteiger partial charge in [0, 0.05) is 0 Å². The second-order valence-corrected chi connectivity index (χ2v) is 4.40. The quantitative estimate of drug-likeness (QED) is 0.601. The Balaban J connectivity index is 2.70. The summed E-state index contributed by atoms with van der Waals surface area (Å²) in [5.74, 6) is 0.906. The zero-order valence-corrected chi connectivity index (χ0v) is 8.89. The molecule has 0 amide bonds. The van der Waals surface area contributed by atoms with Crippen LogP contribution in [0.15, 0.2) is 16.6 Å². The molecule has 1 aliphatic rings. The van der Waals surface area contributed by atoms with Crippen molar-refractivity contribution < 1.29 is 0 Å². The SMILES string of the molecule is CC1=CC(NC(C)(C)N)=NC(C)C1. The van der Waals surface area contributed by atoms with Crippen molar-refractivity contribution in [3.05, 3.63) is 11.6 Å². The molecule has 1 aliphatic heterocycles.